The molecule has 1 unspecified atom stereocenters. The van der Waals surface area contributed by atoms with Crippen molar-refractivity contribution in [3.05, 3.63) is 53.2 Å². The maximum atomic E-state index is 13.2. The van der Waals surface area contributed by atoms with E-state index in [0.717, 1.165) is 5.56 Å². The van der Waals surface area contributed by atoms with E-state index in [0.29, 0.717) is 17.1 Å². The van der Waals surface area contributed by atoms with Crippen LogP contribution >= 0.6 is 0 Å². The minimum Gasteiger partial charge on any atom is -0.496 e. The third kappa shape index (κ3) is 2.17. The van der Waals surface area contributed by atoms with Gasteiger partial charge in [-0.3, -0.25) is 0 Å². The van der Waals surface area contributed by atoms with Crippen LogP contribution in [0.5, 0.6) is 5.75 Å². The van der Waals surface area contributed by atoms with Crippen molar-refractivity contribution in [2.45, 2.75) is 13.0 Å². The van der Waals surface area contributed by atoms with E-state index in [1.807, 2.05) is 13.0 Å². The maximum Gasteiger partial charge on any atom is 0.128 e. The lowest BCUT2D eigenvalue weighted by Gasteiger charge is -2.14. The zero-order valence-electron chi connectivity index (χ0n) is 9.74. The van der Waals surface area contributed by atoms with Crippen LogP contribution in [0.3, 0.4) is 0 Å². The Hall–Kier alpha value is -1.81. The Morgan fingerprint density at radius 3 is 2.71 bits per heavy atom. The molecule has 0 aliphatic rings. The lowest BCUT2D eigenvalue weighted by atomic mass is 10.0. The molecule has 2 N–H and O–H groups in total. The van der Waals surface area contributed by atoms with E-state index in [4.69, 9.17) is 14.9 Å². The monoisotopic (exact) mass is 235 g/mol. The average Bonchev–Trinajstić information content (AvgIpc) is 2.74. The van der Waals surface area contributed by atoms with Gasteiger partial charge in [0.15, 0.2) is 0 Å². The summed E-state index contributed by atoms with van der Waals surface area (Å²) in [5.74, 6) is 0.823. The quantitative estimate of drug-likeness (QED) is 0.889. The van der Waals surface area contributed by atoms with E-state index < -0.39 is 6.04 Å². The number of rotatable bonds is 3. The van der Waals surface area contributed by atoms with Gasteiger partial charge in [0.25, 0.3) is 0 Å². The van der Waals surface area contributed by atoms with Crippen LogP contribution in [-0.2, 0) is 0 Å². The molecule has 0 aliphatic carbocycles. The van der Waals surface area contributed by atoms with E-state index >= 15 is 0 Å². The number of furan rings is 1. The molecular weight excluding hydrogens is 221 g/mol. The highest BCUT2D eigenvalue weighted by molar-refractivity contribution is 5.41. The lowest BCUT2D eigenvalue weighted by Crippen LogP contribution is -2.13. The van der Waals surface area contributed by atoms with Gasteiger partial charge in [0.1, 0.15) is 17.3 Å². The van der Waals surface area contributed by atoms with Gasteiger partial charge in [0.05, 0.1) is 19.4 Å². The first-order chi connectivity index (χ1) is 8.13. The molecule has 0 bridgehead atoms. The molecule has 17 heavy (non-hydrogen) atoms. The van der Waals surface area contributed by atoms with Crippen molar-refractivity contribution in [2.75, 3.05) is 7.11 Å². The van der Waals surface area contributed by atoms with Gasteiger partial charge in [0.2, 0.25) is 0 Å². The number of benzene rings is 1. The van der Waals surface area contributed by atoms with Gasteiger partial charge in [-0.25, -0.2) is 4.39 Å². The van der Waals surface area contributed by atoms with E-state index in [1.54, 1.807) is 12.3 Å². The van der Waals surface area contributed by atoms with Crippen molar-refractivity contribution >= 4 is 0 Å². The summed E-state index contributed by atoms with van der Waals surface area (Å²) in [5.41, 5.74) is 7.58. The number of aryl methyl sites for hydroxylation is 1. The molecule has 0 amide bonds. The topological polar surface area (TPSA) is 48.4 Å². The second-order valence-corrected chi connectivity index (χ2v) is 3.83. The molecular formula is C13H14FNO2. The molecule has 0 spiro atoms. The first-order valence-electron chi connectivity index (χ1n) is 5.26. The Bertz CT molecular complexity index is 522. The van der Waals surface area contributed by atoms with Gasteiger partial charge >= 0.3 is 0 Å². The van der Waals surface area contributed by atoms with Gasteiger partial charge in [-0.1, -0.05) is 0 Å². The molecule has 1 heterocycles. The minimum atomic E-state index is -0.532. The highest BCUT2D eigenvalue weighted by atomic mass is 19.1. The number of ether oxygens (including phenoxy) is 1. The molecule has 90 valence electrons. The molecule has 1 aromatic carbocycles. The number of hydrogen-bond donors (Lipinski definition) is 1. The third-order valence-electron chi connectivity index (χ3n) is 2.71. The first kappa shape index (κ1) is 11.7. The van der Waals surface area contributed by atoms with Crippen molar-refractivity contribution in [2.24, 2.45) is 5.73 Å². The molecule has 2 aromatic rings. The second kappa shape index (κ2) is 4.59. The summed E-state index contributed by atoms with van der Waals surface area (Å²) in [6, 6.07) is 5.55. The summed E-state index contributed by atoms with van der Waals surface area (Å²) in [5, 5.41) is 0. The van der Waals surface area contributed by atoms with Crippen LogP contribution in [0.2, 0.25) is 0 Å². The standard InChI is InChI=1S/C13H14FNO2/c1-8-5-6-17-13(8)12(15)10-7-9(14)3-4-11(10)16-2/h3-7,12H,15H2,1-2H3. The maximum absolute atomic E-state index is 13.2. The largest absolute Gasteiger partial charge is 0.496 e. The Balaban J connectivity index is 2.46. The van der Waals surface area contributed by atoms with Crippen LogP contribution in [0.15, 0.2) is 34.9 Å². The van der Waals surface area contributed by atoms with Crippen LogP contribution in [0.1, 0.15) is 22.9 Å². The zero-order valence-corrected chi connectivity index (χ0v) is 9.74. The lowest BCUT2D eigenvalue weighted by molar-refractivity contribution is 0.401. The van der Waals surface area contributed by atoms with Gasteiger partial charge < -0.3 is 14.9 Å². The average molecular weight is 235 g/mol. The Morgan fingerprint density at radius 2 is 2.12 bits per heavy atom. The fraction of sp³-hybridized carbons (Fsp3) is 0.231. The molecule has 1 atom stereocenters. The fourth-order valence-electron chi connectivity index (χ4n) is 1.79. The predicted molar refractivity (Wildman–Crippen MR) is 62.4 cm³/mol. The number of hydrogen-bond acceptors (Lipinski definition) is 3. The number of methoxy groups -OCH3 is 1. The Kier molecular flexibility index (Phi) is 3.15. The highest BCUT2D eigenvalue weighted by Gasteiger charge is 2.19. The Morgan fingerprint density at radius 1 is 1.35 bits per heavy atom. The SMILES string of the molecule is COc1ccc(F)cc1C(N)c1occc1C. The summed E-state index contributed by atoms with van der Waals surface area (Å²) in [4.78, 5) is 0. The van der Waals surface area contributed by atoms with Crippen molar-refractivity contribution in [3.8, 4) is 5.75 Å². The van der Waals surface area contributed by atoms with Gasteiger partial charge in [-0.05, 0) is 36.8 Å². The Labute approximate surface area is 99.0 Å². The van der Waals surface area contributed by atoms with Crippen molar-refractivity contribution in [1.29, 1.82) is 0 Å². The van der Waals surface area contributed by atoms with E-state index in [1.165, 1.54) is 19.2 Å². The van der Waals surface area contributed by atoms with Gasteiger partial charge in [-0.2, -0.15) is 0 Å². The van der Waals surface area contributed by atoms with Crippen molar-refractivity contribution in [3.63, 3.8) is 0 Å². The molecule has 0 fully saturated rings. The molecule has 2 rings (SSSR count). The van der Waals surface area contributed by atoms with Crippen molar-refractivity contribution < 1.29 is 13.5 Å². The van der Waals surface area contributed by atoms with Crippen LogP contribution in [0.25, 0.3) is 0 Å². The molecule has 0 saturated heterocycles. The summed E-state index contributed by atoms with van der Waals surface area (Å²) >= 11 is 0. The summed E-state index contributed by atoms with van der Waals surface area (Å²) in [7, 11) is 1.53. The molecule has 0 saturated carbocycles. The van der Waals surface area contributed by atoms with Crippen LogP contribution in [-0.4, -0.2) is 7.11 Å². The van der Waals surface area contributed by atoms with E-state index in [-0.39, 0.29) is 5.82 Å². The van der Waals surface area contributed by atoms with Crippen LogP contribution in [0.4, 0.5) is 4.39 Å². The van der Waals surface area contributed by atoms with Crippen LogP contribution in [0, 0.1) is 12.7 Å². The predicted octanol–water partition coefficient (Wildman–Crippen LogP) is 2.78. The van der Waals surface area contributed by atoms with E-state index in [9.17, 15) is 4.39 Å². The molecule has 0 aliphatic heterocycles. The zero-order chi connectivity index (χ0) is 12.4. The van der Waals surface area contributed by atoms with E-state index in [2.05, 4.69) is 0 Å². The third-order valence-corrected chi connectivity index (χ3v) is 2.71. The normalized spacial score (nSPS) is 12.5. The summed E-state index contributed by atoms with van der Waals surface area (Å²) in [6.07, 6.45) is 1.57. The number of halogens is 1. The van der Waals surface area contributed by atoms with Crippen molar-refractivity contribution in [1.82, 2.24) is 0 Å². The fourth-order valence-corrected chi connectivity index (χ4v) is 1.79. The summed E-state index contributed by atoms with van der Waals surface area (Å²) in [6.45, 7) is 1.89. The molecule has 3 nitrogen and oxygen atoms in total. The first-order valence-corrected chi connectivity index (χ1v) is 5.26. The van der Waals surface area contributed by atoms with Gasteiger partial charge in [0, 0.05) is 5.56 Å². The minimum absolute atomic E-state index is 0.347. The number of nitrogens with two attached hydrogens (primary N) is 1. The molecule has 4 heteroatoms. The van der Waals surface area contributed by atoms with Gasteiger partial charge in [-0.15, -0.1) is 0 Å². The van der Waals surface area contributed by atoms with Crippen LogP contribution < -0.4 is 10.5 Å². The highest BCUT2D eigenvalue weighted by Crippen LogP contribution is 2.30. The molecule has 0 radical (unpaired) electrons. The molecule has 1 aromatic heterocycles. The summed E-state index contributed by atoms with van der Waals surface area (Å²) < 4.78 is 23.7. The smallest absolute Gasteiger partial charge is 0.128 e. The second-order valence-electron chi connectivity index (χ2n) is 3.83.